The molecular weight excluding hydrogens is 313 g/mol. The van der Waals surface area contributed by atoms with Crippen LogP contribution in [0.3, 0.4) is 0 Å². The molecule has 1 aromatic heterocycles. The number of hydrogen-bond donors (Lipinski definition) is 0. The molecule has 0 N–H and O–H groups in total. The van der Waals surface area contributed by atoms with Crippen molar-refractivity contribution in [2.45, 2.75) is 11.3 Å². The van der Waals surface area contributed by atoms with E-state index >= 15 is 0 Å². The third kappa shape index (κ3) is 3.92. The first-order valence-corrected chi connectivity index (χ1v) is 7.33. The van der Waals surface area contributed by atoms with Gasteiger partial charge in [-0.25, -0.2) is 9.97 Å². The Morgan fingerprint density at radius 1 is 1.27 bits per heavy atom. The van der Waals surface area contributed by atoms with E-state index in [0.29, 0.717) is 11.3 Å². The van der Waals surface area contributed by atoms with Gasteiger partial charge in [-0.15, -0.1) is 6.42 Å². The second kappa shape index (κ2) is 6.71. The highest BCUT2D eigenvalue weighted by Gasteiger charge is 2.33. The summed E-state index contributed by atoms with van der Waals surface area (Å²) in [5.74, 6) is 2.79. The Bertz CT molecular complexity index is 711. The maximum Gasteiger partial charge on any atom is 0.433 e. The van der Waals surface area contributed by atoms with Gasteiger partial charge in [-0.3, -0.25) is 0 Å². The molecule has 2 rings (SSSR count). The van der Waals surface area contributed by atoms with Gasteiger partial charge in [0, 0.05) is 5.56 Å². The molecule has 0 bridgehead atoms. The molecule has 0 spiro atoms. The second-order valence-corrected chi connectivity index (χ2v) is 4.92. The minimum Gasteiger partial charge on any atom is -0.481 e. The summed E-state index contributed by atoms with van der Waals surface area (Å²) in [6.45, 7) is 0.0804. The van der Waals surface area contributed by atoms with E-state index in [0.717, 1.165) is 17.8 Å². The van der Waals surface area contributed by atoms with Crippen LogP contribution in [-0.2, 0) is 6.18 Å². The van der Waals surface area contributed by atoms with Gasteiger partial charge in [0.1, 0.15) is 18.1 Å². The molecular formula is C15H11F3N2OS. The maximum absolute atomic E-state index is 12.9. The summed E-state index contributed by atoms with van der Waals surface area (Å²) in [6, 6.07) is 7.48. The number of aromatic nitrogens is 2. The number of nitrogens with zero attached hydrogens (tertiary/aromatic N) is 2. The van der Waals surface area contributed by atoms with E-state index in [9.17, 15) is 13.2 Å². The smallest absolute Gasteiger partial charge is 0.433 e. The van der Waals surface area contributed by atoms with Crippen LogP contribution in [0.2, 0.25) is 0 Å². The van der Waals surface area contributed by atoms with Crippen molar-refractivity contribution in [3.8, 4) is 29.4 Å². The summed E-state index contributed by atoms with van der Waals surface area (Å²) in [5, 5.41) is 0.0553. The van der Waals surface area contributed by atoms with Crippen molar-refractivity contribution in [3.05, 3.63) is 36.0 Å². The zero-order valence-corrected chi connectivity index (χ0v) is 12.3. The molecule has 1 aromatic carbocycles. The van der Waals surface area contributed by atoms with E-state index in [4.69, 9.17) is 11.2 Å². The molecule has 0 aliphatic heterocycles. The number of alkyl halides is 3. The van der Waals surface area contributed by atoms with Crippen LogP contribution in [-0.4, -0.2) is 22.8 Å². The first kappa shape index (κ1) is 16.2. The summed E-state index contributed by atoms with van der Waals surface area (Å²) in [4.78, 5) is 7.60. The third-order valence-corrected chi connectivity index (χ3v) is 3.18. The van der Waals surface area contributed by atoms with Gasteiger partial charge in [-0.2, -0.15) is 13.2 Å². The van der Waals surface area contributed by atoms with Crippen molar-refractivity contribution < 1.29 is 17.9 Å². The highest BCUT2D eigenvalue weighted by Crippen LogP contribution is 2.32. The van der Waals surface area contributed by atoms with Gasteiger partial charge in [0.25, 0.3) is 0 Å². The minimum atomic E-state index is -4.53. The molecule has 0 saturated heterocycles. The monoisotopic (exact) mass is 324 g/mol. The lowest BCUT2D eigenvalue weighted by molar-refractivity contribution is -0.141. The zero-order chi connectivity index (χ0) is 16.2. The summed E-state index contributed by atoms with van der Waals surface area (Å²) in [7, 11) is 0. The normalized spacial score (nSPS) is 11.0. The van der Waals surface area contributed by atoms with Crippen LogP contribution in [0.5, 0.6) is 5.75 Å². The number of hydrogen-bond acceptors (Lipinski definition) is 4. The topological polar surface area (TPSA) is 35.0 Å². The molecule has 1 heterocycles. The van der Waals surface area contributed by atoms with Gasteiger partial charge in [0.15, 0.2) is 5.16 Å². The molecule has 0 unspecified atom stereocenters. The van der Waals surface area contributed by atoms with Crippen molar-refractivity contribution in [2.75, 3.05) is 12.9 Å². The van der Waals surface area contributed by atoms with Crippen molar-refractivity contribution in [3.63, 3.8) is 0 Å². The van der Waals surface area contributed by atoms with Crippen LogP contribution in [0.1, 0.15) is 5.69 Å². The van der Waals surface area contributed by atoms with Crippen LogP contribution in [0, 0.1) is 12.3 Å². The van der Waals surface area contributed by atoms with Crippen LogP contribution >= 0.6 is 11.8 Å². The van der Waals surface area contributed by atoms with Gasteiger partial charge < -0.3 is 4.74 Å². The zero-order valence-electron chi connectivity index (χ0n) is 11.5. The lowest BCUT2D eigenvalue weighted by Crippen LogP contribution is -2.10. The molecule has 0 aliphatic rings. The average Bonchev–Trinajstić information content (AvgIpc) is 2.52. The third-order valence-electron chi connectivity index (χ3n) is 2.63. The molecule has 2 aromatic rings. The molecule has 7 heteroatoms. The van der Waals surface area contributed by atoms with Crippen LogP contribution < -0.4 is 4.74 Å². The van der Waals surface area contributed by atoms with Gasteiger partial charge in [0.05, 0.1) is 5.69 Å². The molecule has 0 amide bonds. The SMILES string of the molecule is C#CCOc1cccc(-c2cc(C(F)(F)F)nc(SC)n2)c1. The number of thioether (sulfide) groups is 1. The van der Waals surface area contributed by atoms with E-state index in [1.807, 2.05) is 0 Å². The highest BCUT2D eigenvalue weighted by molar-refractivity contribution is 7.98. The summed E-state index contributed by atoms with van der Waals surface area (Å²) >= 11 is 1.05. The molecule has 0 atom stereocenters. The molecule has 3 nitrogen and oxygen atoms in total. The highest BCUT2D eigenvalue weighted by atomic mass is 32.2. The van der Waals surface area contributed by atoms with Crippen LogP contribution in [0.15, 0.2) is 35.5 Å². The lowest BCUT2D eigenvalue weighted by Gasteiger charge is -2.10. The quantitative estimate of drug-likeness (QED) is 0.485. The van der Waals surface area contributed by atoms with Crippen LogP contribution in [0.4, 0.5) is 13.2 Å². The Kier molecular flexibility index (Phi) is 4.93. The average molecular weight is 324 g/mol. The first-order chi connectivity index (χ1) is 10.4. The minimum absolute atomic E-state index is 0.0553. The van der Waals surface area contributed by atoms with Crippen molar-refractivity contribution >= 4 is 11.8 Å². The molecule has 0 aliphatic carbocycles. The fourth-order valence-electron chi connectivity index (χ4n) is 1.68. The summed E-state index contributed by atoms with van der Waals surface area (Å²) in [6.07, 6.45) is 2.20. The van der Waals surface area contributed by atoms with E-state index in [1.165, 1.54) is 0 Å². The molecule has 0 radical (unpaired) electrons. The standard InChI is InChI=1S/C15H11F3N2OS/c1-3-7-21-11-6-4-5-10(8-11)12-9-13(15(16,17)18)20-14(19-12)22-2/h1,4-6,8-9H,7H2,2H3. The number of benzene rings is 1. The van der Waals surface area contributed by atoms with Crippen molar-refractivity contribution in [1.82, 2.24) is 9.97 Å². The predicted molar refractivity (Wildman–Crippen MR) is 78.6 cm³/mol. The van der Waals surface area contributed by atoms with Gasteiger partial charge in [-0.1, -0.05) is 29.8 Å². The molecule has 0 saturated carbocycles. The fourth-order valence-corrected chi connectivity index (χ4v) is 2.06. The van der Waals surface area contributed by atoms with E-state index in [2.05, 4.69) is 15.9 Å². The van der Waals surface area contributed by atoms with Gasteiger partial charge in [-0.05, 0) is 24.5 Å². The van der Waals surface area contributed by atoms with Crippen molar-refractivity contribution in [2.24, 2.45) is 0 Å². The van der Waals surface area contributed by atoms with Crippen molar-refractivity contribution in [1.29, 1.82) is 0 Å². The number of terminal acetylenes is 1. The Morgan fingerprint density at radius 3 is 2.68 bits per heavy atom. The summed E-state index contributed by atoms with van der Waals surface area (Å²) in [5.41, 5.74) is -0.299. The van der Waals surface area contributed by atoms with E-state index in [-0.39, 0.29) is 17.5 Å². The number of halogens is 3. The molecule has 0 fully saturated rings. The number of rotatable bonds is 4. The molecule has 114 valence electrons. The predicted octanol–water partition coefficient (Wildman–Crippen LogP) is 3.90. The number of ether oxygens (including phenoxy) is 1. The maximum atomic E-state index is 12.9. The van der Waals surface area contributed by atoms with E-state index < -0.39 is 11.9 Å². The lowest BCUT2D eigenvalue weighted by atomic mass is 10.1. The fraction of sp³-hybridized carbons (Fsp3) is 0.200. The second-order valence-electron chi connectivity index (χ2n) is 4.14. The summed E-state index contributed by atoms with van der Waals surface area (Å²) < 4.78 is 44.0. The first-order valence-electron chi connectivity index (χ1n) is 6.11. The van der Waals surface area contributed by atoms with Crippen LogP contribution in [0.25, 0.3) is 11.3 Å². The Balaban J connectivity index is 2.46. The van der Waals surface area contributed by atoms with E-state index in [1.54, 1.807) is 30.5 Å². The Hall–Kier alpha value is -2.20. The van der Waals surface area contributed by atoms with Gasteiger partial charge >= 0.3 is 6.18 Å². The Morgan fingerprint density at radius 2 is 2.05 bits per heavy atom. The Labute approximate surface area is 129 Å². The van der Waals surface area contributed by atoms with Gasteiger partial charge in [0.2, 0.25) is 0 Å². The molecule has 22 heavy (non-hydrogen) atoms. The largest absolute Gasteiger partial charge is 0.481 e.